The van der Waals surface area contributed by atoms with E-state index in [1.54, 1.807) is 0 Å². The van der Waals surface area contributed by atoms with E-state index in [4.69, 9.17) is 0 Å². The van der Waals surface area contributed by atoms with E-state index < -0.39 is 0 Å². The Morgan fingerprint density at radius 2 is 1.29 bits per heavy atom. The number of benzene rings is 1. The molecule has 3 nitrogen and oxygen atoms in total. The first-order valence-electron chi connectivity index (χ1n) is 9.54. The highest BCUT2D eigenvalue weighted by Gasteiger charge is 2.08. The van der Waals surface area contributed by atoms with Crippen LogP contribution in [0.2, 0.25) is 0 Å². The zero-order valence-corrected chi connectivity index (χ0v) is 15.7. The summed E-state index contributed by atoms with van der Waals surface area (Å²) in [6, 6.07) is 6.62. The van der Waals surface area contributed by atoms with Crippen LogP contribution in [0.4, 0.5) is 0 Å². The molecule has 0 spiro atoms. The average molecular weight is 334 g/mol. The molecule has 0 aromatic heterocycles. The Morgan fingerprint density at radius 1 is 0.792 bits per heavy atom. The molecule has 0 aliphatic heterocycles. The highest BCUT2D eigenvalue weighted by molar-refractivity contribution is 5.72. The maximum absolute atomic E-state index is 11.7. The maximum atomic E-state index is 11.7. The highest BCUT2D eigenvalue weighted by Crippen LogP contribution is 2.17. The summed E-state index contributed by atoms with van der Waals surface area (Å²) in [5.41, 5.74) is 3.73. The Labute approximate surface area is 147 Å². The molecule has 0 aliphatic rings. The third kappa shape index (κ3) is 9.07. The van der Waals surface area contributed by atoms with Crippen molar-refractivity contribution in [1.29, 1.82) is 0 Å². The summed E-state index contributed by atoms with van der Waals surface area (Å²) in [4.78, 5) is 20.8. The van der Waals surface area contributed by atoms with Crippen molar-refractivity contribution in [3.8, 4) is 0 Å². The molecule has 0 atom stereocenters. The largest absolute Gasteiger partial charge is 0.346 e. The van der Waals surface area contributed by atoms with Crippen LogP contribution in [0.15, 0.2) is 18.2 Å². The van der Waals surface area contributed by atoms with Gasteiger partial charge in [-0.2, -0.15) is 4.89 Å². The van der Waals surface area contributed by atoms with Crippen LogP contribution in [-0.4, -0.2) is 13.1 Å². The van der Waals surface area contributed by atoms with Crippen molar-refractivity contribution in [3.05, 3.63) is 34.9 Å². The second-order valence-electron chi connectivity index (χ2n) is 6.58. The van der Waals surface area contributed by atoms with Gasteiger partial charge in [-0.3, -0.25) is 4.89 Å². The van der Waals surface area contributed by atoms with Crippen molar-refractivity contribution in [2.45, 2.75) is 84.5 Å². The number of hydrogen-bond donors (Lipinski definition) is 0. The number of hydrogen-bond acceptors (Lipinski definition) is 3. The number of rotatable bonds is 13. The molecule has 0 fully saturated rings. The standard InChI is InChI=1S/C21H34O3/c1-4-6-8-10-12-18-14-19(13-11-9-7-5-2)16-20(15-18)17-21(22)24-23-3/h14-16H,4-13,17H2,1-3H3. The highest BCUT2D eigenvalue weighted by atomic mass is 17.2. The zero-order chi connectivity index (χ0) is 17.6. The second-order valence-corrected chi connectivity index (χ2v) is 6.58. The van der Waals surface area contributed by atoms with Gasteiger partial charge in [-0.15, -0.1) is 0 Å². The predicted octanol–water partition coefficient (Wildman–Crippen LogP) is 5.58. The van der Waals surface area contributed by atoms with E-state index in [1.165, 1.54) is 69.6 Å². The third-order valence-electron chi connectivity index (χ3n) is 4.28. The topological polar surface area (TPSA) is 35.5 Å². The Hall–Kier alpha value is -1.35. The Morgan fingerprint density at radius 3 is 1.75 bits per heavy atom. The molecule has 0 bridgehead atoms. The van der Waals surface area contributed by atoms with Crippen LogP contribution in [0.1, 0.15) is 81.9 Å². The van der Waals surface area contributed by atoms with Gasteiger partial charge in [0.05, 0.1) is 13.5 Å². The van der Waals surface area contributed by atoms with Crippen LogP contribution in [0.3, 0.4) is 0 Å². The lowest BCUT2D eigenvalue weighted by atomic mass is 9.96. The number of carbonyl (C=O) groups excluding carboxylic acids is 1. The van der Waals surface area contributed by atoms with Gasteiger partial charge in [0, 0.05) is 0 Å². The summed E-state index contributed by atoms with van der Waals surface area (Å²) < 4.78 is 0. The SMILES string of the molecule is CCCCCCc1cc(CCCCCC)cc(CC(=O)OOC)c1. The Bertz CT molecular complexity index is 438. The Kier molecular flexibility index (Phi) is 11.2. The van der Waals surface area contributed by atoms with Crippen LogP contribution in [-0.2, 0) is 33.8 Å². The van der Waals surface area contributed by atoms with Crippen molar-refractivity contribution in [3.63, 3.8) is 0 Å². The molecule has 0 saturated heterocycles. The summed E-state index contributed by atoms with van der Waals surface area (Å²) in [5, 5.41) is 0. The van der Waals surface area contributed by atoms with Crippen LogP contribution in [0, 0.1) is 0 Å². The molecule has 24 heavy (non-hydrogen) atoms. The number of unbranched alkanes of at least 4 members (excludes halogenated alkanes) is 6. The monoisotopic (exact) mass is 334 g/mol. The molecular formula is C21H34O3. The van der Waals surface area contributed by atoms with E-state index in [0.29, 0.717) is 0 Å². The molecule has 3 heteroatoms. The predicted molar refractivity (Wildman–Crippen MR) is 98.9 cm³/mol. The zero-order valence-electron chi connectivity index (χ0n) is 15.7. The minimum Gasteiger partial charge on any atom is -0.298 e. The lowest BCUT2D eigenvalue weighted by Gasteiger charge is -2.10. The van der Waals surface area contributed by atoms with Gasteiger partial charge in [-0.05, 0) is 42.4 Å². The van der Waals surface area contributed by atoms with Crippen molar-refractivity contribution in [1.82, 2.24) is 0 Å². The molecule has 0 aliphatic carbocycles. The molecule has 0 amide bonds. The molecule has 0 radical (unpaired) electrons. The average Bonchev–Trinajstić information content (AvgIpc) is 2.56. The third-order valence-corrected chi connectivity index (χ3v) is 4.28. The molecular weight excluding hydrogens is 300 g/mol. The van der Waals surface area contributed by atoms with Crippen LogP contribution < -0.4 is 0 Å². The van der Waals surface area contributed by atoms with Crippen molar-refractivity contribution in [2.24, 2.45) is 0 Å². The van der Waals surface area contributed by atoms with Crippen LogP contribution in [0.25, 0.3) is 0 Å². The second kappa shape index (κ2) is 13.0. The molecule has 0 saturated carbocycles. The normalized spacial score (nSPS) is 10.8. The van der Waals surface area contributed by atoms with E-state index in [-0.39, 0.29) is 12.4 Å². The summed E-state index contributed by atoms with van der Waals surface area (Å²) in [5.74, 6) is -0.336. The minimum absolute atomic E-state index is 0.276. The fraction of sp³-hybridized carbons (Fsp3) is 0.667. The van der Waals surface area contributed by atoms with Crippen molar-refractivity contribution in [2.75, 3.05) is 7.11 Å². The van der Waals surface area contributed by atoms with E-state index in [1.807, 2.05) is 0 Å². The molecule has 0 heterocycles. The number of aryl methyl sites for hydroxylation is 2. The fourth-order valence-corrected chi connectivity index (χ4v) is 3.03. The molecule has 1 aromatic carbocycles. The van der Waals surface area contributed by atoms with Crippen LogP contribution in [0.5, 0.6) is 0 Å². The minimum atomic E-state index is -0.336. The maximum Gasteiger partial charge on any atom is 0.346 e. The Balaban J connectivity index is 2.70. The molecule has 1 rings (SSSR count). The molecule has 0 unspecified atom stereocenters. The number of carbonyl (C=O) groups is 1. The van der Waals surface area contributed by atoms with Crippen molar-refractivity contribution >= 4 is 5.97 Å². The lowest BCUT2D eigenvalue weighted by Crippen LogP contribution is -2.08. The van der Waals surface area contributed by atoms with Gasteiger partial charge in [0.2, 0.25) is 0 Å². The smallest absolute Gasteiger partial charge is 0.298 e. The fourth-order valence-electron chi connectivity index (χ4n) is 3.03. The summed E-state index contributed by atoms with van der Waals surface area (Å²) in [6.07, 6.45) is 12.5. The molecule has 0 N–H and O–H groups in total. The van der Waals surface area contributed by atoms with Crippen molar-refractivity contribution < 1.29 is 14.6 Å². The van der Waals surface area contributed by atoms with Gasteiger partial charge in [-0.25, -0.2) is 4.79 Å². The van der Waals surface area contributed by atoms with Crippen LogP contribution >= 0.6 is 0 Å². The van der Waals surface area contributed by atoms with E-state index in [0.717, 1.165) is 18.4 Å². The summed E-state index contributed by atoms with van der Waals surface area (Å²) >= 11 is 0. The summed E-state index contributed by atoms with van der Waals surface area (Å²) in [6.45, 7) is 4.47. The molecule has 1 aromatic rings. The molecule has 136 valence electrons. The van der Waals surface area contributed by atoms with Gasteiger partial charge < -0.3 is 0 Å². The van der Waals surface area contributed by atoms with E-state index >= 15 is 0 Å². The van der Waals surface area contributed by atoms with Gasteiger partial charge in [-0.1, -0.05) is 70.6 Å². The van der Waals surface area contributed by atoms with Gasteiger partial charge in [0.25, 0.3) is 0 Å². The first-order valence-corrected chi connectivity index (χ1v) is 9.54. The van der Waals surface area contributed by atoms with Gasteiger partial charge in [0.15, 0.2) is 0 Å². The summed E-state index contributed by atoms with van der Waals surface area (Å²) in [7, 11) is 1.36. The van der Waals surface area contributed by atoms with Gasteiger partial charge in [0.1, 0.15) is 0 Å². The van der Waals surface area contributed by atoms with E-state index in [2.05, 4.69) is 41.8 Å². The first-order chi connectivity index (χ1) is 11.7. The lowest BCUT2D eigenvalue weighted by molar-refractivity contribution is -0.254. The van der Waals surface area contributed by atoms with Gasteiger partial charge >= 0.3 is 5.97 Å². The quantitative estimate of drug-likeness (QED) is 0.268. The van der Waals surface area contributed by atoms with E-state index in [9.17, 15) is 4.79 Å². The first kappa shape index (κ1) is 20.7.